The lowest BCUT2D eigenvalue weighted by Gasteiger charge is -2.27. The number of aromatic nitrogens is 2. The average Bonchev–Trinajstić information content (AvgIpc) is 3.28. The Labute approximate surface area is 253 Å². The summed E-state index contributed by atoms with van der Waals surface area (Å²) in [7, 11) is -1.29. The van der Waals surface area contributed by atoms with Gasteiger partial charge in [0.15, 0.2) is 6.16 Å². The number of rotatable bonds is 7. The molecular weight excluding hydrogens is 598 g/mol. The van der Waals surface area contributed by atoms with Crippen LogP contribution >= 0.6 is 7.94 Å². The van der Waals surface area contributed by atoms with Gasteiger partial charge in [-0.15, -0.1) is 0 Å². The number of fused-ring (bicyclic) bond motifs is 1. The second-order valence-electron chi connectivity index (χ2n) is 11.4. The molecule has 3 aromatic rings. The highest BCUT2D eigenvalue weighted by atomic mass is 31.2. The summed E-state index contributed by atoms with van der Waals surface area (Å²) >= 11 is 0. The molecule has 234 valence electrons. The number of nitrogens with one attached hydrogen (secondary N) is 2. The van der Waals surface area contributed by atoms with Crippen molar-refractivity contribution in [3.05, 3.63) is 70.4 Å². The third kappa shape index (κ3) is 6.52. The minimum Gasteiger partial charge on any atom is -0.393 e. The standard InChI is InChI=1S/C30H33F3N5O5P/c1-38-16-23-22(19-5-9-21(39)10-6-19)11-12-25(26(23)28(38)40)36-27-24(30(31,32)33)15-34-29(37-27)35-20-7-3-18(4-8-20)17-44(41)42-13-2-14-43-44/h3-4,7-8,11-12,15,19,21,39,41H,2,5-6,9-10,13-14,16-17H2,1H3,(H-,34,35,36,37,40)/p+1. The number of aliphatic hydroxyl groups excluding tert-OH is 1. The predicted octanol–water partition coefficient (Wildman–Crippen LogP) is 6.28. The zero-order chi connectivity index (χ0) is 31.1. The molecule has 6 rings (SSSR count). The second kappa shape index (κ2) is 12.2. The summed E-state index contributed by atoms with van der Waals surface area (Å²) in [6.07, 6.45) is -0.524. The van der Waals surface area contributed by atoms with Crippen LogP contribution in [0.1, 0.15) is 70.6 Å². The minimum atomic E-state index is -4.75. The van der Waals surface area contributed by atoms with Crippen LogP contribution in [-0.4, -0.2) is 57.1 Å². The fourth-order valence-electron chi connectivity index (χ4n) is 5.98. The maximum atomic E-state index is 14.1. The van der Waals surface area contributed by atoms with E-state index in [1.54, 1.807) is 42.3 Å². The molecular formula is C30H34F3N5O5P+. The average molecular weight is 633 g/mol. The minimum absolute atomic E-state index is 0.0733. The van der Waals surface area contributed by atoms with Crippen molar-refractivity contribution < 1.29 is 37.0 Å². The monoisotopic (exact) mass is 632 g/mol. The van der Waals surface area contributed by atoms with Crippen LogP contribution in [0.3, 0.4) is 0 Å². The van der Waals surface area contributed by atoms with Crippen LogP contribution in [0.2, 0.25) is 0 Å². The summed E-state index contributed by atoms with van der Waals surface area (Å²) in [6, 6.07) is 10.4. The first-order valence-corrected chi connectivity index (χ1v) is 16.3. The van der Waals surface area contributed by atoms with E-state index in [0.29, 0.717) is 50.0 Å². The van der Waals surface area contributed by atoms with Crippen LogP contribution < -0.4 is 10.6 Å². The quantitative estimate of drug-likeness (QED) is 0.223. The lowest BCUT2D eigenvalue weighted by Crippen LogP contribution is -2.18. The van der Waals surface area contributed by atoms with Crippen LogP contribution in [-0.2, 0) is 27.9 Å². The second-order valence-corrected chi connectivity index (χ2v) is 13.5. The van der Waals surface area contributed by atoms with Gasteiger partial charge in [-0.1, -0.05) is 18.2 Å². The smallest absolute Gasteiger partial charge is 0.393 e. The number of nitrogens with zero attached hydrogens (tertiary/aromatic N) is 3. The molecule has 1 saturated carbocycles. The van der Waals surface area contributed by atoms with E-state index in [1.807, 2.05) is 6.07 Å². The lowest BCUT2D eigenvalue weighted by molar-refractivity contribution is -0.137. The van der Waals surface area contributed by atoms with Crippen molar-refractivity contribution in [2.75, 3.05) is 30.9 Å². The molecule has 14 heteroatoms. The van der Waals surface area contributed by atoms with E-state index in [4.69, 9.17) is 9.05 Å². The van der Waals surface area contributed by atoms with Gasteiger partial charge in [0.2, 0.25) is 5.95 Å². The fraction of sp³-hybridized carbons (Fsp3) is 0.433. The van der Waals surface area contributed by atoms with Gasteiger partial charge in [0.25, 0.3) is 5.91 Å². The Morgan fingerprint density at radius 2 is 1.75 bits per heavy atom. The van der Waals surface area contributed by atoms with E-state index in [9.17, 15) is 28.0 Å². The Hall–Kier alpha value is -3.35. The van der Waals surface area contributed by atoms with Gasteiger partial charge < -0.3 is 20.6 Å². The number of carbonyl (C=O) groups is 1. The normalized spacial score (nSPS) is 21.7. The highest BCUT2D eigenvalue weighted by Gasteiger charge is 2.43. The third-order valence-electron chi connectivity index (χ3n) is 8.26. The number of halogens is 3. The molecule has 44 heavy (non-hydrogen) atoms. The molecule has 1 amide bonds. The van der Waals surface area contributed by atoms with E-state index in [0.717, 1.165) is 36.0 Å². The maximum absolute atomic E-state index is 14.1. The van der Waals surface area contributed by atoms with Gasteiger partial charge in [-0.05, 0) is 66.5 Å². The molecule has 2 aliphatic heterocycles. The summed E-state index contributed by atoms with van der Waals surface area (Å²) in [5, 5.41) is 15.7. The Morgan fingerprint density at radius 3 is 2.43 bits per heavy atom. The number of aliphatic hydroxyl groups is 1. The summed E-state index contributed by atoms with van der Waals surface area (Å²) in [4.78, 5) is 33.4. The van der Waals surface area contributed by atoms with E-state index in [-0.39, 0.29) is 35.7 Å². The van der Waals surface area contributed by atoms with Crippen LogP contribution in [0.5, 0.6) is 0 Å². The number of hydrogen-bond acceptors (Lipinski definition) is 9. The van der Waals surface area contributed by atoms with Crippen LogP contribution in [0.25, 0.3) is 0 Å². The van der Waals surface area contributed by atoms with E-state index in [1.165, 1.54) is 0 Å². The number of hydrogen-bond donors (Lipinski definition) is 4. The molecule has 3 heterocycles. The molecule has 2 fully saturated rings. The summed E-state index contributed by atoms with van der Waals surface area (Å²) in [6.45, 7) is 1.23. The molecule has 0 bridgehead atoms. The van der Waals surface area contributed by atoms with E-state index < -0.39 is 25.5 Å². The van der Waals surface area contributed by atoms with Gasteiger partial charge in [-0.25, -0.2) is 4.98 Å². The van der Waals surface area contributed by atoms with Crippen LogP contribution in [0.4, 0.5) is 36.3 Å². The van der Waals surface area contributed by atoms with Gasteiger partial charge in [0.1, 0.15) is 11.4 Å². The molecule has 0 atom stereocenters. The van der Waals surface area contributed by atoms with Crippen molar-refractivity contribution in [3.63, 3.8) is 0 Å². The topological polar surface area (TPSA) is 129 Å². The predicted molar refractivity (Wildman–Crippen MR) is 159 cm³/mol. The Morgan fingerprint density at radius 1 is 1.05 bits per heavy atom. The Bertz CT molecular complexity index is 1530. The van der Waals surface area contributed by atoms with Gasteiger partial charge in [0.05, 0.1) is 30.6 Å². The van der Waals surface area contributed by atoms with Crippen molar-refractivity contribution in [3.8, 4) is 0 Å². The first-order chi connectivity index (χ1) is 21.0. The number of alkyl halides is 3. The van der Waals surface area contributed by atoms with E-state index >= 15 is 0 Å². The van der Waals surface area contributed by atoms with Gasteiger partial charge in [-0.3, -0.25) is 4.79 Å². The van der Waals surface area contributed by atoms with Crippen molar-refractivity contribution >= 4 is 37.0 Å². The maximum Gasteiger partial charge on any atom is 0.421 e. The Kier molecular flexibility index (Phi) is 8.51. The molecule has 1 saturated heterocycles. The molecule has 3 aliphatic rings. The van der Waals surface area contributed by atoms with Gasteiger partial charge in [-0.2, -0.15) is 32.1 Å². The van der Waals surface area contributed by atoms with Crippen molar-refractivity contribution in [2.45, 2.75) is 63.0 Å². The van der Waals surface area contributed by atoms with Crippen LogP contribution in [0, 0.1) is 0 Å². The zero-order valence-corrected chi connectivity index (χ0v) is 25.0. The molecule has 1 aliphatic carbocycles. The van der Waals surface area contributed by atoms with Crippen molar-refractivity contribution in [1.82, 2.24) is 14.9 Å². The van der Waals surface area contributed by atoms with Gasteiger partial charge >= 0.3 is 14.1 Å². The first-order valence-electron chi connectivity index (χ1n) is 14.6. The zero-order valence-electron chi connectivity index (χ0n) is 24.1. The number of anilines is 4. The van der Waals surface area contributed by atoms with Crippen molar-refractivity contribution in [1.29, 1.82) is 0 Å². The number of amides is 1. The van der Waals surface area contributed by atoms with Crippen LogP contribution in [0.15, 0.2) is 42.6 Å². The number of benzene rings is 2. The number of carbonyl (C=O) groups excluding carboxylic acids is 1. The molecule has 10 nitrogen and oxygen atoms in total. The molecule has 0 unspecified atom stereocenters. The van der Waals surface area contributed by atoms with Crippen molar-refractivity contribution in [2.24, 2.45) is 0 Å². The molecule has 0 radical (unpaired) electrons. The summed E-state index contributed by atoms with van der Waals surface area (Å²) < 4.78 is 53.1. The molecule has 1 aromatic heterocycles. The molecule has 2 aromatic carbocycles. The molecule has 4 N–H and O–H groups in total. The lowest BCUT2D eigenvalue weighted by atomic mass is 9.80. The van der Waals surface area contributed by atoms with E-state index in [2.05, 4.69) is 20.6 Å². The largest absolute Gasteiger partial charge is 0.421 e. The molecule has 0 spiro atoms. The third-order valence-corrected chi connectivity index (χ3v) is 10.2. The summed E-state index contributed by atoms with van der Waals surface area (Å²) in [5.41, 5.74) is 2.60. The highest BCUT2D eigenvalue weighted by Crippen LogP contribution is 2.61. The first kappa shape index (κ1) is 30.7. The fourth-order valence-corrected chi connectivity index (χ4v) is 7.74. The van der Waals surface area contributed by atoms with Gasteiger partial charge in [0, 0.05) is 31.9 Å². The summed E-state index contributed by atoms with van der Waals surface area (Å²) in [5.74, 6) is -0.670. The highest BCUT2D eigenvalue weighted by molar-refractivity contribution is 7.59. The SMILES string of the molecule is CN1Cc2c(C3CCC(O)CC3)ccc(Nc3nc(Nc4ccc(C[P+]5(O)OCCCO5)cc4)ncc3C(F)(F)F)c2C1=O. The Balaban J connectivity index is 1.26.